The standard InChI is InChI=1S/C16H22F3NO2S/c1-12(14-3-5-15(6-4-14)16(17,18)19)11-20-8-7-13(2)23(21,22)10-9-20/h3-6,12-13H,7-11H2,1-2H3/t12-,13+/m0/s1. The molecule has 1 aliphatic heterocycles. The van der Waals surface area contributed by atoms with Crippen LogP contribution in [0.2, 0.25) is 0 Å². The van der Waals surface area contributed by atoms with Gasteiger partial charge in [0.1, 0.15) is 0 Å². The molecule has 0 amide bonds. The molecule has 1 aromatic carbocycles. The normalized spacial score (nSPS) is 24.1. The van der Waals surface area contributed by atoms with Crippen LogP contribution < -0.4 is 0 Å². The molecule has 0 N–H and O–H groups in total. The number of nitrogens with zero attached hydrogens (tertiary/aromatic N) is 1. The largest absolute Gasteiger partial charge is 0.416 e. The van der Waals surface area contributed by atoms with E-state index in [4.69, 9.17) is 0 Å². The Morgan fingerprint density at radius 1 is 1.22 bits per heavy atom. The second-order valence-corrected chi connectivity index (χ2v) is 8.83. The third-order valence-corrected chi connectivity index (χ3v) is 6.71. The Morgan fingerprint density at radius 2 is 1.83 bits per heavy atom. The van der Waals surface area contributed by atoms with Gasteiger partial charge in [-0.25, -0.2) is 8.42 Å². The Morgan fingerprint density at radius 3 is 2.39 bits per heavy atom. The molecule has 3 nitrogen and oxygen atoms in total. The van der Waals surface area contributed by atoms with Gasteiger partial charge >= 0.3 is 6.18 Å². The lowest BCUT2D eigenvalue weighted by Crippen LogP contribution is -2.30. The maximum Gasteiger partial charge on any atom is 0.416 e. The molecule has 0 saturated carbocycles. The van der Waals surface area contributed by atoms with E-state index in [2.05, 4.69) is 4.90 Å². The molecule has 0 radical (unpaired) electrons. The van der Waals surface area contributed by atoms with Gasteiger partial charge in [-0.2, -0.15) is 13.2 Å². The topological polar surface area (TPSA) is 37.4 Å². The van der Waals surface area contributed by atoms with Gasteiger partial charge in [-0.3, -0.25) is 0 Å². The second-order valence-electron chi connectivity index (χ2n) is 6.29. The fourth-order valence-electron chi connectivity index (χ4n) is 2.79. The smallest absolute Gasteiger partial charge is 0.302 e. The average molecular weight is 349 g/mol. The van der Waals surface area contributed by atoms with Crippen molar-refractivity contribution in [2.75, 3.05) is 25.4 Å². The highest BCUT2D eigenvalue weighted by Gasteiger charge is 2.30. The van der Waals surface area contributed by atoms with Crippen LogP contribution in [0.5, 0.6) is 0 Å². The Labute approximate surface area is 135 Å². The maximum absolute atomic E-state index is 12.6. The summed E-state index contributed by atoms with van der Waals surface area (Å²) in [5.41, 5.74) is 0.182. The van der Waals surface area contributed by atoms with Crippen LogP contribution in [0.25, 0.3) is 0 Å². The summed E-state index contributed by atoms with van der Waals surface area (Å²) in [6.07, 6.45) is -3.72. The van der Waals surface area contributed by atoms with E-state index in [1.165, 1.54) is 12.1 Å². The number of rotatable bonds is 3. The first-order chi connectivity index (χ1) is 10.6. The summed E-state index contributed by atoms with van der Waals surface area (Å²) in [6, 6.07) is 5.21. The van der Waals surface area contributed by atoms with Crippen LogP contribution in [0.4, 0.5) is 13.2 Å². The highest BCUT2D eigenvalue weighted by Crippen LogP contribution is 2.30. The van der Waals surface area contributed by atoms with E-state index in [9.17, 15) is 21.6 Å². The SMILES string of the molecule is C[C@@H]1CCN(C[C@H](C)c2ccc(C(F)(F)F)cc2)CCS1(=O)=O. The minimum atomic E-state index is -4.32. The van der Waals surface area contributed by atoms with Crippen molar-refractivity contribution in [3.05, 3.63) is 35.4 Å². The van der Waals surface area contributed by atoms with Crippen molar-refractivity contribution in [1.29, 1.82) is 0 Å². The lowest BCUT2D eigenvalue weighted by molar-refractivity contribution is -0.137. The van der Waals surface area contributed by atoms with Crippen molar-refractivity contribution in [3.8, 4) is 0 Å². The molecule has 0 aliphatic carbocycles. The first-order valence-electron chi connectivity index (χ1n) is 7.70. The summed E-state index contributed by atoms with van der Waals surface area (Å²) < 4.78 is 61.6. The van der Waals surface area contributed by atoms with E-state index in [1.807, 2.05) is 6.92 Å². The molecule has 1 saturated heterocycles. The number of halogens is 3. The lowest BCUT2D eigenvalue weighted by atomic mass is 9.99. The third-order valence-electron chi connectivity index (χ3n) is 4.50. The Balaban J connectivity index is 2.00. The molecule has 2 rings (SSSR count). The van der Waals surface area contributed by atoms with Gasteiger partial charge in [0.2, 0.25) is 0 Å². The fourth-order valence-corrected chi connectivity index (χ4v) is 4.17. The zero-order chi connectivity index (χ0) is 17.3. The van der Waals surface area contributed by atoms with E-state index in [0.29, 0.717) is 26.1 Å². The second kappa shape index (κ2) is 6.81. The van der Waals surface area contributed by atoms with Crippen molar-refractivity contribution in [2.45, 2.75) is 37.6 Å². The van der Waals surface area contributed by atoms with Crippen LogP contribution in [0.1, 0.15) is 37.3 Å². The van der Waals surface area contributed by atoms with Crippen LogP contribution in [-0.4, -0.2) is 44.0 Å². The number of alkyl halides is 3. The number of sulfone groups is 1. The van der Waals surface area contributed by atoms with Crippen molar-refractivity contribution >= 4 is 9.84 Å². The monoisotopic (exact) mass is 349 g/mol. The minimum absolute atomic E-state index is 0.0494. The molecule has 23 heavy (non-hydrogen) atoms. The molecule has 0 aromatic heterocycles. The van der Waals surface area contributed by atoms with Crippen LogP contribution >= 0.6 is 0 Å². The van der Waals surface area contributed by atoms with Gasteiger partial charge in [-0.05, 0) is 43.5 Å². The van der Waals surface area contributed by atoms with E-state index in [0.717, 1.165) is 17.7 Å². The number of benzene rings is 1. The molecule has 130 valence electrons. The fraction of sp³-hybridized carbons (Fsp3) is 0.625. The van der Waals surface area contributed by atoms with E-state index in [1.54, 1.807) is 6.92 Å². The van der Waals surface area contributed by atoms with Gasteiger partial charge in [-0.15, -0.1) is 0 Å². The van der Waals surface area contributed by atoms with Gasteiger partial charge in [-0.1, -0.05) is 19.1 Å². The predicted molar refractivity (Wildman–Crippen MR) is 84.2 cm³/mol. The van der Waals surface area contributed by atoms with Crippen LogP contribution in [-0.2, 0) is 16.0 Å². The van der Waals surface area contributed by atoms with Crippen LogP contribution in [0.3, 0.4) is 0 Å². The van der Waals surface area contributed by atoms with Crippen LogP contribution in [0.15, 0.2) is 24.3 Å². The molecule has 2 atom stereocenters. The molecule has 0 unspecified atom stereocenters. The van der Waals surface area contributed by atoms with Gasteiger partial charge in [0.05, 0.1) is 16.6 Å². The lowest BCUT2D eigenvalue weighted by Gasteiger charge is -2.24. The summed E-state index contributed by atoms with van der Waals surface area (Å²) in [6.45, 7) is 5.51. The average Bonchev–Trinajstić information content (AvgIpc) is 2.59. The predicted octanol–water partition coefficient (Wildman–Crippen LogP) is 3.32. The van der Waals surface area contributed by atoms with Gasteiger partial charge in [0.25, 0.3) is 0 Å². The van der Waals surface area contributed by atoms with E-state index < -0.39 is 21.6 Å². The molecule has 1 aliphatic rings. The Bertz CT molecular complexity index is 626. The number of hydrogen-bond acceptors (Lipinski definition) is 3. The first kappa shape index (κ1) is 18.3. The van der Waals surface area contributed by atoms with Crippen molar-refractivity contribution in [3.63, 3.8) is 0 Å². The summed E-state index contributed by atoms with van der Waals surface area (Å²) in [7, 11) is -3.02. The van der Waals surface area contributed by atoms with Crippen molar-refractivity contribution in [2.24, 2.45) is 0 Å². The molecular formula is C16H22F3NO2S. The van der Waals surface area contributed by atoms with Gasteiger partial charge < -0.3 is 4.90 Å². The van der Waals surface area contributed by atoms with Crippen LogP contribution in [0, 0.1) is 0 Å². The first-order valence-corrected chi connectivity index (χ1v) is 9.42. The van der Waals surface area contributed by atoms with E-state index in [-0.39, 0.29) is 16.9 Å². The third kappa shape index (κ3) is 4.70. The minimum Gasteiger partial charge on any atom is -0.302 e. The molecule has 0 bridgehead atoms. The van der Waals surface area contributed by atoms with Crippen molar-refractivity contribution < 1.29 is 21.6 Å². The molecule has 1 fully saturated rings. The highest BCUT2D eigenvalue weighted by molar-refractivity contribution is 7.92. The van der Waals surface area contributed by atoms with Gasteiger partial charge in [0, 0.05) is 13.1 Å². The zero-order valence-corrected chi connectivity index (χ0v) is 14.1. The molecule has 1 heterocycles. The Kier molecular flexibility index (Phi) is 5.41. The summed E-state index contributed by atoms with van der Waals surface area (Å²) in [5, 5.41) is -0.325. The van der Waals surface area contributed by atoms with E-state index >= 15 is 0 Å². The summed E-state index contributed by atoms with van der Waals surface area (Å²) in [5.74, 6) is 0.196. The maximum atomic E-state index is 12.6. The molecule has 1 aromatic rings. The summed E-state index contributed by atoms with van der Waals surface area (Å²) >= 11 is 0. The molecule has 7 heteroatoms. The Hall–Kier alpha value is -1.08. The molecule has 0 spiro atoms. The zero-order valence-electron chi connectivity index (χ0n) is 13.3. The summed E-state index contributed by atoms with van der Waals surface area (Å²) in [4.78, 5) is 2.09. The quantitative estimate of drug-likeness (QED) is 0.840. The molecular weight excluding hydrogens is 327 g/mol. The number of hydrogen-bond donors (Lipinski definition) is 0. The highest BCUT2D eigenvalue weighted by atomic mass is 32.2. The van der Waals surface area contributed by atoms with Gasteiger partial charge in [0.15, 0.2) is 9.84 Å². The van der Waals surface area contributed by atoms with Crippen molar-refractivity contribution in [1.82, 2.24) is 4.90 Å².